The Morgan fingerprint density at radius 2 is 1.83 bits per heavy atom. The van der Waals surface area contributed by atoms with Crippen LogP contribution in [0.3, 0.4) is 0 Å². The number of nitrogens with two attached hydrogens (primary N) is 1. The second kappa shape index (κ2) is 5.48. The standard InChI is InChI=1S/C18H23N3OS/c19-17(23)21-20-10-14-6-15(1-2-16(14)22)18-7-11-3-12(8-18)5-13(4-11)9-18/h1-2,6,10-13,22H,3-5,7-9H2,(H3,19,21,23)/b20-10-. The van der Waals surface area contributed by atoms with E-state index in [1.807, 2.05) is 0 Å². The van der Waals surface area contributed by atoms with Crippen LogP contribution in [0, 0.1) is 17.8 Å². The Morgan fingerprint density at radius 1 is 1.22 bits per heavy atom. The molecule has 4 bridgehead atoms. The van der Waals surface area contributed by atoms with Gasteiger partial charge >= 0.3 is 0 Å². The number of hydrazone groups is 1. The van der Waals surface area contributed by atoms with Crippen molar-refractivity contribution in [3.63, 3.8) is 0 Å². The molecule has 4 aliphatic rings. The lowest BCUT2D eigenvalue weighted by Gasteiger charge is -2.57. The van der Waals surface area contributed by atoms with Gasteiger partial charge in [0.15, 0.2) is 5.11 Å². The molecule has 5 heteroatoms. The molecule has 0 unspecified atom stereocenters. The van der Waals surface area contributed by atoms with Gasteiger partial charge in [-0.15, -0.1) is 0 Å². The summed E-state index contributed by atoms with van der Waals surface area (Å²) in [6, 6.07) is 6.02. The van der Waals surface area contributed by atoms with Gasteiger partial charge in [-0.2, -0.15) is 5.10 Å². The van der Waals surface area contributed by atoms with Crippen LogP contribution < -0.4 is 11.2 Å². The molecule has 1 aromatic carbocycles. The predicted molar refractivity (Wildman–Crippen MR) is 95.5 cm³/mol. The van der Waals surface area contributed by atoms with Crippen LogP contribution in [0.15, 0.2) is 23.3 Å². The van der Waals surface area contributed by atoms with Crippen LogP contribution in [0.25, 0.3) is 0 Å². The van der Waals surface area contributed by atoms with Crippen LogP contribution in [0.2, 0.25) is 0 Å². The second-order valence-electron chi connectivity index (χ2n) is 7.71. The highest BCUT2D eigenvalue weighted by molar-refractivity contribution is 7.80. The average molecular weight is 329 g/mol. The van der Waals surface area contributed by atoms with Gasteiger partial charge in [0.25, 0.3) is 0 Å². The molecule has 0 heterocycles. The molecule has 4 fully saturated rings. The fraction of sp³-hybridized carbons (Fsp3) is 0.556. The molecule has 5 rings (SSSR count). The molecule has 0 atom stereocenters. The molecular formula is C18H23N3OS. The number of thiocarbonyl (C=S) groups is 1. The number of hydrogen-bond donors (Lipinski definition) is 3. The van der Waals surface area contributed by atoms with Gasteiger partial charge in [-0.05, 0) is 91.6 Å². The summed E-state index contributed by atoms with van der Waals surface area (Å²) >= 11 is 4.74. The molecule has 0 spiro atoms. The van der Waals surface area contributed by atoms with Crippen molar-refractivity contribution in [3.05, 3.63) is 29.3 Å². The molecular weight excluding hydrogens is 306 g/mol. The number of rotatable bonds is 3. The van der Waals surface area contributed by atoms with Gasteiger partial charge in [0.2, 0.25) is 0 Å². The third kappa shape index (κ3) is 2.71. The summed E-state index contributed by atoms with van der Waals surface area (Å²) in [5.74, 6) is 2.96. The molecule has 4 aliphatic carbocycles. The van der Waals surface area contributed by atoms with Crippen LogP contribution >= 0.6 is 12.2 Å². The maximum absolute atomic E-state index is 10.1. The fourth-order valence-corrected chi connectivity index (χ4v) is 5.67. The number of phenolic OH excluding ortho intramolecular Hbond substituents is 1. The molecule has 4 nitrogen and oxygen atoms in total. The Morgan fingerprint density at radius 3 is 2.39 bits per heavy atom. The smallest absolute Gasteiger partial charge is 0.184 e. The highest BCUT2D eigenvalue weighted by atomic mass is 32.1. The SMILES string of the molecule is NC(=S)N/N=C\c1cc(C23CC4CC(CC(C4)C2)C3)ccc1O. The van der Waals surface area contributed by atoms with E-state index in [0.29, 0.717) is 5.41 Å². The van der Waals surface area contributed by atoms with E-state index in [0.717, 1.165) is 23.3 Å². The molecule has 0 radical (unpaired) electrons. The first-order valence-corrected chi connectivity index (χ1v) is 8.87. The van der Waals surface area contributed by atoms with Crippen molar-refractivity contribution < 1.29 is 5.11 Å². The highest BCUT2D eigenvalue weighted by Crippen LogP contribution is 2.60. The summed E-state index contributed by atoms with van der Waals surface area (Å²) in [6.45, 7) is 0. The topological polar surface area (TPSA) is 70.6 Å². The molecule has 23 heavy (non-hydrogen) atoms. The van der Waals surface area contributed by atoms with Gasteiger partial charge < -0.3 is 10.8 Å². The van der Waals surface area contributed by atoms with Crippen molar-refractivity contribution in [1.82, 2.24) is 5.43 Å². The predicted octanol–water partition coefficient (Wildman–Crippen LogP) is 3.03. The van der Waals surface area contributed by atoms with Crippen LogP contribution in [0.5, 0.6) is 5.75 Å². The summed E-state index contributed by atoms with van der Waals surface area (Å²) < 4.78 is 0. The summed E-state index contributed by atoms with van der Waals surface area (Å²) in [5.41, 5.74) is 10.3. The minimum absolute atomic E-state index is 0.123. The second-order valence-corrected chi connectivity index (χ2v) is 8.15. The molecule has 4 saturated carbocycles. The van der Waals surface area contributed by atoms with Crippen LogP contribution in [0.1, 0.15) is 49.7 Å². The zero-order valence-electron chi connectivity index (χ0n) is 13.2. The van der Waals surface area contributed by atoms with E-state index in [1.165, 1.54) is 44.1 Å². The van der Waals surface area contributed by atoms with E-state index >= 15 is 0 Å². The van der Waals surface area contributed by atoms with Crippen molar-refractivity contribution in [1.29, 1.82) is 0 Å². The van der Waals surface area contributed by atoms with Gasteiger partial charge in [0.05, 0.1) is 6.21 Å². The molecule has 0 aliphatic heterocycles. The monoisotopic (exact) mass is 329 g/mol. The Kier molecular flexibility index (Phi) is 3.56. The normalized spacial score (nSPS) is 34.9. The number of benzene rings is 1. The van der Waals surface area contributed by atoms with E-state index in [4.69, 9.17) is 18.0 Å². The summed E-state index contributed by atoms with van der Waals surface area (Å²) in [5, 5.41) is 14.2. The number of nitrogens with one attached hydrogen (secondary N) is 1. The minimum Gasteiger partial charge on any atom is -0.507 e. The minimum atomic E-state index is 0.123. The quantitative estimate of drug-likeness (QED) is 0.453. The van der Waals surface area contributed by atoms with Crippen molar-refractivity contribution in [2.24, 2.45) is 28.6 Å². The Labute approximate surface area is 142 Å². The van der Waals surface area contributed by atoms with Crippen LogP contribution in [-0.2, 0) is 5.41 Å². The number of phenols is 1. The summed E-state index contributed by atoms with van der Waals surface area (Å²) in [7, 11) is 0. The first kappa shape index (κ1) is 14.9. The molecule has 122 valence electrons. The van der Waals surface area contributed by atoms with Gasteiger partial charge in [0, 0.05) is 5.56 Å². The lowest BCUT2D eigenvalue weighted by atomic mass is 9.48. The summed E-state index contributed by atoms with van der Waals surface area (Å²) in [6.07, 6.45) is 9.83. The Hall–Kier alpha value is -1.62. The number of nitrogens with zero attached hydrogens (tertiary/aromatic N) is 1. The molecule has 1 aromatic rings. The molecule has 0 amide bonds. The summed E-state index contributed by atoms with van der Waals surface area (Å²) in [4.78, 5) is 0. The van der Waals surface area contributed by atoms with Gasteiger partial charge in [-0.3, -0.25) is 5.43 Å². The van der Waals surface area contributed by atoms with Crippen LogP contribution in [0.4, 0.5) is 0 Å². The highest BCUT2D eigenvalue weighted by Gasteiger charge is 2.51. The van der Waals surface area contributed by atoms with Gasteiger partial charge in [-0.1, -0.05) is 6.07 Å². The lowest BCUT2D eigenvalue weighted by molar-refractivity contribution is -0.00520. The van der Waals surface area contributed by atoms with Crippen molar-refractivity contribution in [2.75, 3.05) is 0 Å². The molecule has 0 saturated heterocycles. The fourth-order valence-electron chi connectivity index (χ4n) is 5.62. The molecule has 0 aromatic heterocycles. The average Bonchev–Trinajstić information content (AvgIpc) is 2.47. The maximum atomic E-state index is 10.1. The molecule has 4 N–H and O–H groups in total. The van der Waals surface area contributed by atoms with Crippen molar-refractivity contribution in [3.8, 4) is 5.75 Å². The Balaban J connectivity index is 1.64. The van der Waals surface area contributed by atoms with Crippen LogP contribution in [-0.4, -0.2) is 16.4 Å². The third-order valence-electron chi connectivity index (χ3n) is 6.06. The number of hydrogen-bond acceptors (Lipinski definition) is 3. The van der Waals surface area contributed by atoms with Crippen molar-refractivity contribution >= 4 is 23.5 Å². The van der Waals surface area contributed by atoms with Gasteiger partial charge in [-0.25, -0.2) is 0 Å². The number of aromatic hydroxyl groups is 1. The Bertz CT molecular complexity index is 635. The first-order chi connectivity index (χ1) is 11.0. The zero-order valence-corrected chi connectivity index (χ0v) is 14.0. The van der Waals surface area contributed by atoms with E-state index in [-0.39, 0.29) is 10.9 Å². The zero-order chi connectivity index (χ0) is 16.0. The maximum Gasteiger partial charge on any atom is 0.184 e. The van der Waals surface area contributed by atoms with E-state index in [1.54, 1.807) is 12.3 Å². The van der Waals surface area contributed by atoms with E-state index in [2.05, 4.69) is 22.7 Å². The van der Waals surface area contributed by atoms with Crippen molar-refractivity contribution in [2.45, 2.75) is 43.9 Å². The lowest BCUT2D eigenvalue weighted by Crippen LogP contribution is -2.48. The largest absolute Gasteiger partial charge is 0.507 e. The van der Waals surface area contributed by atoms with E-state index in [9.17, 15) is 5.11 Å². The first-order valence-electron chi connectivity index (χ1n) is 8.46. The van der Waals surface area contributed by atoms with Gasteiger partial charge in [0.1, 0.15) is 5.75 Å². The van der Waals surface area contributed by atoms with E-state index < -0.39 is 0 Å². The third-order valence-corrected chi connectivity index (χ3v) is 6.15.